The highest BCUT2D eigenvalue weighted by Gasteiger charge is 2.42. The molecule has 4 rings (SSSR count). The summed E-state index contributed by atoms with van der Waals surface area (Å²) in [5.74, 6) is 0.364. The largest absolute Gasteiger partial charge is 0.465 e. The molecule has 0 amide bonds. The van der Waals surface area contributed by atoms with E-state index in [1.54, 1.807) is 0 Å². The molecule has 0 aromatic rings. The van der Waals surface area contributed by atoms with E-state index in [0.29, 0.717) is 37.4 Å². The van der Waals surface area contributed by atoms with Gasteiger partial charge >= 0.3 is 11.9 Å². The maximum Gasteiger partial charge on any atom is 0.309 e. The van der Waals surface area contributed by atoms with E-state index in [2.05, 4.69) is 23.9 Å². The first kappa shape index (κ1) is 25.9. The molecule has 6 heteroatoms. The summed E-state index contributed by atoms with van der Waals surface area (Å²) in [6.07, 6.45) is 18.1. The van der Waals surface area contributed by atoms with Crippen LogP contribution in [0.5, 0.6) is 0 Å². The summed E-state index contributed by atoms with van der Waals surface area (Å²) < 4.78 is 11.2. The zero-order valence-corrected chi connectivity index (χ0v) is 21.7. The minimum absolute atomic E-state index is 0.0499. The average molecular weight is 477 g/mol. The molecule has 4 atom stereocenters. The third-order valence-corrected chi connectivity index (χ3v) is 9.39. The molecular formula is C28H48N2O4. The second kappa shape index (κ2) is 12.7. The first-order chi connectivity index (χ1) is 16.5. The van der Waals surface area contributed by atoms with Crippen molar-refractivity contribution in [1.82, 2.24) is 9.80 Å². The molecule has 194 valence electrons. The maximum atomic E-state index is 12.4. The van der Waals surface area contributed by atoms with Crippen LogP contribution in [0.2, 0.25) is 0 Å². The number of carbonyl (C=O) groups excluding carboxylic acids is 2. The Hall–Kier alpha value is -1.14. The molecule has 4 fully saturated rings. The number of carbonyl (C=O) groups is 2. The van der Waals surface area contributed by atoms with Gasteiger partial charge in [0, 0.05) is 24.2 Å². The molecule has 0 saturated carbocycles. The van der Waals surface area contributed by atoms with Crippen molar-refractivity contribution >= 4 is 11.9 Å². The van der Waals surface area contributed by atoms with Gasteiger partial charge in [0.15, 0.2) is 0 Å². The molecule has 4 saturated heterocycles. The summed E-state index contributed by atoms with van der Waals surface area (Å²) in [5.41, 5.74) is 0. The summed E-state index contributed by atoms with van der Waals surface area (Å²) in [6.45, 7) is 1.18. The smallest absolute Gasteiger partial charge is 0.309 e. The minimum atomic E-state index is 0.0499. The van der Waals surface area contributed by atoms with Crippen LogP contribution in [0.15, 0.2) is 0 Å². The van der Waals surface area contributed by atoms with Gasteiger partial charge in [0.1, 0.15) is 0 Å². The van der Waals surface area contributed by atoms with Crippen molar-refractivity contribution < 1.29 is 19.1 Å². The molecule has 0 aromatic carbocycles. The highest BCUT2D eigenvalue weighted by atomic mass is 16.5. The number of unbranched alkanes of at least 4 members (excludes halogenated alkanes) is 7. The van der Waals surface area contributed by atoms with Gasteiger partial charge in [-0.05, 0) is 78.3 Å². The fourth-order valence-corrected chi connectivity index (χ4v) is 7.05. The number of nitrogens with zero attached hydrogens (tertiary/aromatic N) is 2. The van der Waals surface area contributed by atoms with Gasteiger partial charge in [-0.25, -0.2) is 0 Å². The molecule has 4 aliphatic heterocycles. The monoisotopic (exact) mass is 476 g/mol. The van der Waals surface area contributed by atoms with Crippen molar-refractivity contribution in [3.05, 3.63) is 0 Å². The Morgan fingerprint density at radius 1 is 0.559 bits per heavy atom. The number of rotatable bonds is 13. The van der Waals surface area contributed by atoms with Crippen LogP contribution in [0.3, 0.4) is 0 Å². The number of fused-ring (bicyclic) bond motifs is 4. The van der Waals surface area contributed by atoms with Crippen molar-refractivity contribution in [1.29, 1.82) is 0 Å². The van der Waals surface area contributed by atoms with Crippen LogP contribution in [0.1, 0.15) is 103 Å². The second-order valence-corrected chi connectivity index (χ2v) is 11.6. The molecule has 4 bridgehead atoms. The van der Waals surface area contributed by atoms with Crippen LogP contribution in [-0.4, -0.2) is 73.2 Å². The van der Waals surface area contributed by atoms with E-state index in [4.69, 9.17) is 9.47 Å². The molecule has 0 spiro atoms. The highest BCUT2D eigenvalue weighted by Crippen LogP contribution is 2.38. The van der Waals surface area contributed by atoms with E-state index in [0.717, 1.165) is 51.4 Å². The lowest BCUT2D eigenvalue weighted by Gasteiger charge is -2.35. The Morgan fingerprint density at radius 3 is 1.18 bits per heavy atom. The van der Waals surface area contributed by atoms with Crippen LogP contribution < -0.4 is 0 Å². The van der Waals surface area contributed by atoms with E-state index in [1.807, 2.05) is 0 Å². The summed E-state index contributed by atoms with van der Waals surface area (Å²) in [4.78, 5) is 29.7. The van der Waals surface area contributed by atoms with Crippen molar-refractivity contribution in [2.24, 2.45) is 11.8 Å². The van der Waals surface area contributed by atoms with E-state index in [1.165, 1.54) is 51.4 Å². The van der Waals surface area contributed by atoms with Gasteiger partial charge in [-0.1, -0.05) is 38.5 Å². The fourth-order valence-electron chi connectivity index (χ4n) is 7.05. The third-order valence-electron chi connectivity index (χ3n) is 9.39. The minimum Gasteiger partial charge on any atom is -0.465 e. The molecule has 0 aromatic heterocycles. The summed E-state index contributed by atoms with van der Waals surface area (Å²) >= 11 is 0. The standard InChI is InChI=1S/C28H48N2O4/c1-29-23-11-12-24(29)18-21(17-23)27(31)33-15-9-7-5-3-4-6-8-10-16-34-28(32)22-19-25-13-14-26(20-22)30(25)2/h21-26H,3-20H2,1-2H3. The topological polar surface area (TPSA) is 59.1 Å². The molecule has 0 radical (unpaired) electrons. The third kappa shape index (κ3) is 6.75. The SMILES string of the molecule is CN1C2CCC1CC(C(=O)OCCCCCCCCCCOC(=O)C1CC3CCC(C1)N3C)C2. The number of esters is 2. The first-order valence-electron chi connectivity index (χ1n) is 14.3. The van der Waals surface area contributed by atoms with Crippen molar-refractivity contribution in [3.63, 3.8) is 0 Å². The molecule has 4 heterocycles. The Kier molecular flexibility index (Phi) is 9.70. The van der Waals surface area contributed by atoms with Crippen LogP contribution in [-0.2, 0) is 19.1 Å². The fraction of sp³-hybridized carbons (Fsp3) is 0.929. The Labute approximate surface area is 207 Å². The van der Waals surface area contributed by atoms with Gasteiger partial charge in [-0.3, -0.25) is 9.59 Å². The number of hydrogen-bond donors (Lipinski definition) is 0. The maximum absolute atomic E-state index is 12.4. The van der Waals surface area contributed by atoms with Gasteiger partial charge < -0.3 is 19.3 Å². The summed E-state index contributed by atoms with van der Waals surface area (Å²) in [7, 11) is 4.41. The lowest BCUT2D eigenvalue weighted by Crippen LogP contribution is -2.42. The number of piperidine rings is 2. The van der Waals surface area contributed by atoms with Gasteiger partial charge in [0.2, 0.25) is 0 Å². The van der Waals surface area contributed by atoms with Crippen LogP contribution >= 0.6 is 0 Å². The Morgan fingerprint density at radius 2 is 0.853 bits per heavy atom. The predicted octanol–water partition coefficient (Wildman–Crippen LogP) is 4.94. The normalized spacial score (nSPS) is 33.2. The molecule has 4 unspecified atom stereocenters. The van der Waals surface area contributed by atoms with Gasteiger partial charge in [0.05, 0.1) is 25.0 Å². The number of ether oxygens (including phenoxy) is 2. The van der Waals surface area contributed by atoms with Gasteiger partial charge in [-0.15, -0.1) is 0 Å². The van der Waals surface area contributed by atoms with Gasteiger partial charge in [-0.2, -0.15) is 0 Å². The van der Waals surface area contributed by atoms with E-state index in [9.17, 15) is 9.59 Å². The van der Waals surface area contributed by atoms with E-state index in [-0.39, 0.29) is 23.8 Å². The molecule has 6 nitrogen and oxygen atoms in total. The zero-order valence-electron chi connectivity index (χ0n) is 21.7. The summed E-state index contributed by atoms with van der Waals surface area (Å²) in [6, 6.07) is 2.38. The van der Waals surface area contributed by atoms with Crippen LogP contribution in [0, 0.1) is 11.8 Å². The van der Waals surface area contributed by atoms with E-state index >= 15 is 0 Å². The van der Waals surface area contributed by atoms with E-state index < -0.39 is 0 Å². The Bertz CT molecular complexity index is 587. The number of hydrogen-bond acceptors (Lipinski definition) is 6. The van der Waals surface area contributed by atoms with Crippen LogP contribution in [0.4, 0.5) is 0 Å². The average Bonchev–Trinajstić information content (AvgIpc) is 3.16. The molecular weight excluding hydrogens is 428 g/mol. The lowest BCUT2D eigenvalue weighted by atomic mass is 9.91. The van der Waals surface area contributed by atoms with Crippen molar-refractivity contribution in [2.75, 3.05) is 27.3 Å². The predicted molar refractivity (Wildman–Crippen MR) is 133 cm³/mol. The Balaban J connectivity index is 0.924. The van der Waals surface area contributed by atoms with Crippen LogP contribution in [0.25, 0.3) is 0 Å². The molecule has 0 N–H and O–H groups in total. The summed E-state index contributed by atoms with van der Waals surface area (Å²) in [5, 5.41) is 0. The van der Waals surface area contributed by atoms with Crippen molar-refractivity contribution in [2.45, 2.75) is 127 Å². The highest BCUT2D eigenvalue weighted by molar-refractivity contribution is 5.73. The quantitative estimate of drug-likeness (QED) is 0.277. The molecule has 34 heavy (non-hydrogen) atoms. The van der Waals surface area contributed by atoms with Gasteiger partial charge in [0.25, 0.3) is 0 Å². The van der Waals surface area contributed by atoms with Crippen molar-refractivity contribution in [3.8, 4) is 0 Å². The second-order valence-electron chi connectivity index (χ2n) is 11.6. The molecule has 4 aliphatic rings. The molecule has 0 aliphatic carbocycles. The lowest BCUT2D eigenvalue weighted by molar-refractivity contribution is -0.152. The first-order valence-corrected chi connectivity index (χ1v) is 14.3. The zero-order chi connectivity index (χ0) is 23.9.